The van der Waals surface area contributed by atoms with E-state index in [1.807, 2.05) is 60.7 Å². The van der Waals surface area contributed by atoms with E-state index in [-0.39, 0.29) is 42.3 Å². The molecule has 0 bridgehead atoms. The van der Waals surface area contributed by atoms with Gasteiger partial charge in [-0.3, -0.25) is 14.6 Å². The Morgan fingerprint density at radius 3 is 2.25 bits per heavy atom. The summed E-state index contributed by atoms with van der Waals surface area (Å²) >= 11 is 0. The Bertz CT molecular complexity index is 1640. The van der Waals surface area contributed by atoms with Gasteiger partial charge in [0.25, 0.3) is 0 Å². The SMILES string of the molecule is COc1ccc(CN(C(=O)CCc2ccc(S(=O)(=O)NC3CC3)cc2)C(C(=O)NCc2cccnc2)c2ccccc2)cc1. The van der Waals surface area contributed by atoms with Crippen molar-refractivity contribution in [2.75, 3.05) is 7.11 Å². The van der Waals surface area contributed by atoms with Gasteiger partial charge in [-0.15, -0.1) is 0 Å². The number of carbonyl (C=O) groups is 2. The molecule has 3 aromatic carbocycles. The van der Waals surface area contributed by atoms with Crippen molar-refractivity contribution >= 4 is 21.8 Å². The van der Waals surface area contributed by atoms with E-state index in [2.05, 4.69) is 15.0 Å². The van der Waals surface area contributed by atoms with Crippen LogP contribution in [0.1, 0.15) is 47.6 Å². The summed E-state index contributed by atoms with van der Waals surface area (Å²) in [5, 5.41) is 2.99. The van der Waals surface area contributed by atoms with E-state index in [0.29, 0.717) is 17.7 Å². The quantitative estimate of drug-likeness (QED) is 0.216. The first kappa shape index (κ1) is 30.9. The highest BCUT2D eigenvalue weighted by atomic mass is 32.2. The zero-order chi connectivity index (χ0) is 30.9. The minimum absolute atomic E-state index is 0.0214. The zero-order valence-electron chi connectivity index (χ0n) is 24.6. The van der Waals surface area contributed by atoms with Gasteiger partial charge in [0.15, 0.2) is 0 Å². The number of nitrogens with one attached hydrogen (secondary N) is 2. The number of rotatable bonds is 14. The minimum atomic E-state index is -3.56. The first-order valence-electron chi connectivity index (χ1n) is 14.6. The number of pyridine rings is 1. The zero-order valence-corrected chi connectivity index (χ0v) is 25.4. The third-order valence-electron chi connectivity index (χ3n) is 7.46. The molecule has 1 fully saturated rings. The van der Waals surface area contributed by atoms with Crippen LogP contribution < -0.4 is 14.8 Å². The molecule has 1 saturated carbocycles. The number of hydrogen-bond donors (Lipinski definition) is 2. The van der Waals surface area contributed by atoms with Gasteiger partial charge in [0, 0.05) is 37.9 Å². The molecule has 1 heterocycles. The first-order valence-corrected chi connectivity index (χ1v) is 16.1. The molecule has 10 heteroatoms. The highest BCUT2D eigenvalue weighted by molar-refractivity contribution is 7.89. The van der Waals surface area contributed by atoms with Crippen LogP contribution in [-0.2, 0) is 39.1 Å². The number of sulfonamides is 1. The molecule has 4 aromatic rings. The van der Waals surface area contributed by atoms with E-state index in [1.54, 1.807) is 54.7 Å². The van der Waals surface area contributed by atoms with Crippen LogP contribution in [0.25, 0.3) is 0 Å². The second-order valence-corrected chi connectivity index (χ2v) is 12.5. The summed E-state index contributed by atoms with van der Waals surface area (Å²) in [6, 6.07) is 26.1. The molecule has 1 aliphatic carbocycles. The van der Waals surface area contributed by atoms with E-state index >= 15 is 0 Å². The Kier molecular flexibility index (Phi) is 10.0. The molecule has 0 saturated heterocycles. The standard InChI is InChI=1S/C34H36N4O5S/c1-43-30-16-9-26(10-17-30)24-38(32(39)20-13-25-11-18-31(19-12-25)44(41,42)37-29-14-15-29)33(28-7-3-2-4-8-28)34(40)36-23-27-6-5-21-35-22-27/h2-12,16-19,21-22,29,33,37H,13-15,20,23-24H2,1H3,(H,36,40). The third-order valence-corrected chi connectivity index (χ3v) is 8.99. The van der Waals surface area contributed by atoms with Gasteiger partial charge in [0.2, 0.25) is 21.8 Å². The van der Waals surface area contributed by atoms with E-state index in [0.717, 1.165) is 29.5 Å². The fraction of sp³-hybridized carbons (Fsp3) is 0.265. The van der Waals surface area contributed by atoms with Crippen molar-refractivity contribution in [2.24, 2.45) is 0 Å². The van der Waals surface area contributed by atoms with Crippen molar-refractivity contribution < 1.29 is 22.7 Å². The summed E-state index contributed by atoms with van der Waals surface area (Å²) in [7, 11) is -1.97. The number of aromatic nitrogens is 1. The first-order chi connectivity index (χ1) is 21.3. The molecule has 2 N–H and O–H groups in total. The molecule has 5 rings (SSSR count). The van der Waals surface area contributed by atoms with Crippen molar-refractivity contribution in [2.45, 2.75) is 55.8 Å². The predicted octanol–water partition coefficient (Wildman–Crippen LogP) is 4.55. The molecule has 1 atom stereocenters. The average Bonchev–Trinajstić information content (AvgIpc) is 3.87. The lowest BCUT2D eigenvalue weighted by Gasteiger charge is -2.32. The summed E-state index contributed by atoms with van der Waals surface area (Å²) in [5.41, 5.74) is 3.21. The monoisotopic (exact) mass is 612 g/mol. The van der Waals surface area contributed by atoms with E-state index in [9.17, 15) is 18.0 Å². The fourth-order valence-electron chi connectivity index (χ4n) is 4.87. The molecule has 0 aliphatic heterocycles. The van der Waals surface area contributed by atoms with E-state index in [1.165, 1.54) is 0 Å². The maximum atomic E-state index is 14.0. The van der Waals surface area contributed by atoms with Crippen LogP contribution in [0.2, 0.25) is 0 Å². The molecule has 9 nitrogen and oxygen atoms in total. The molecule has 2 amide bonds. The highest BCUT2D eigenvalue weighted by Gasteiger charge is 2.32. The van der Waals surface area contributed by atoms with Gasteiger partial charge in [-0.25, -0.2) is 13.1 Å². The number of ether oxygens (including phenoxy) is 1. The molecule has 44 heavy (non-hydrogen) atoms. The van der Waals surface area contributed by atoms with Crippen molar-refractivity contribution in [1.29, 1.82) is 0 Å². The lowest BCUT2D eigenvalue weighted by atomic mass is 10.0. The second-order valence-electron chi connectivity index (χ2n) is 10.8. The summed E-state index contributed by atoms with van der Waals surface area (Å²) in [5.74, 6) is 0.177. The van der Waals surface area contributed by atoms with Gasteiger partial charge in [-0.05, 0) is 71.8 Å². The maximum absolute atomic E-state index is 14.0. The van der Waals surface area contributed by atoms with Gasteiger partial charge < -0.3 is 15.0 Å². The number of methoxy groups -OCH3 is 1. The van der Waals surface area contributed by atoms with Crippen LogP contribution in [0.4, 0.5) is 0 Å². The second kappa shape index (κ2) is 14.3. The Balaban J connectivity index is 1.37. The molecule has 1 aliphatic rings. The number of amides is 2. The number of hydrogen-bond acceptors (Lipinski definition) is 6. The summed E-state index contributed by atoms with van der Waals surface area (Å²) in [4.78, 5) is 33.8. The van der Waals surface area contributed by atoms with Crippen LogP contribution in [0.3, 0.4) is 0 Å². The normalized spacial score (nSPS) is 13.6. The molecular formula is C34H36N4O5S. The van der Waals surface area contributed by atoms with Gasteiger partial charge in [-0.1, -0.05) is 60.7 Å². The van der Waals surface area contributed by atoms with E-state index in [4.69, 9.17) is 4.74 Å². The van der Waals surface area contributed by atoms with Gasteiger partial charge >= 0.3 is 0 Å². The largest absolute Gasteiger partial charge is 0.497 e. The number of nitrogens with zero attached hydrogens (tertiary/aromatic N) is 2. The van der Waals surface area contributed by atoms with Crippen molar-refractivity contribution in [3.63, 3.8) is 0 Å². The molecule has 1 aromatic heterocycles. The fourth-order valence-corrected chi connectivity index (χ4v) is 6.17. The van der Waals surface area contributed by atoms with Gasteiger partial charge in [0.05, 0.1) is 12.0 Å². The number of aryl methyl sites for hydroxylation is 1. The lowest BCUT2D eigenvalue weighted by molar-refractivity contribution is -0.141. The topological polar surface area (TPSA) is 118 Å². The van der Waals surface area contributed by atoms with Crippen LogP contribution >= 0.6 is 0 Å². The molecular weight excluding hydrogens is 576 g/mol. The highest BCUT2D eigenvalue weighted by Crippen LogP contribution is 2.27. The summed E-state index contributed by atoms with van der Waals surface area (Å²) < 4.78 is 33.1. The minimum Gasteiger partial charge on any atom is -0.497 e. The Morgan fingerprint density at radius 2 is 1.61 bits per heavy atom. The van der Waals surface area contributed by atoms with Crippen molar-refractivity contribution in [3.05, 3.63) is 126 Å². The Morgan fingerprint density at radius 1 is 0.909 bits per heavy atom. The Hall–Kier alpha value is -4.54. The average molecular weight is 613 g/mol. The van der Waals surface area contributed by atoms with Gasteiger partial charge in [-0.2, -0.15) is 0 Å². The van der Waals surface area contributed by atoms with E-state index < -0.39 is 16.1 Å². The predicted molar refractivity (Wildman–Crippen MR) is 167 cm³/mol. The Labute approximate surface area is 258 Å². The van der Waals surface area contributed by atoms with Crippen molar-refractivity contribution in [1.82, 2.24) is 19.9 Å². The lowest BCUT2D eigenvalue weighted by Crippen LogP contribution is -2.43. The third kappa shape index (κ3) is 8.30. The van der Waals surface area contributed by atoms with Crippen LogP contribution in [0.15, 0.2) is 108 Å². The van der Waals surface area contributed by atoms with Crippen LogP contribution in [0, 0.1) is 0 Å². The molecule has 228 valence electrons. The maximum Gasteiger partial charge on any atom is 0.247 e. The van der Waals surface area contributed by atoms with Crippen LogP contribution in [-0.4, -0.2) is 43.3 Å². The van der Waals surface area contributed by atoms with Crippen LogP contribution in [0.5, 0.6) is 5.75 Å². The number of carbonyl (C=O) groups excluding carboxylic acids is 2. The molecule has 0 spiro atoms. The van der Waals surface area contributed by atoms with Crippen molar-refractivity contribution in [3.8, 4) is 5.75 Å². The number of benzene rings is 3. The smallest absolute Gasteiger partial charge is 0.247 e. The summed E-state index contributed by atoms with van der Waals surface area (Å²) in [6.45, 7) is 0.470. The summed E-state index contributed by atoms with van der Waals surface area (Å²) in [6.07, 6.45) is 5.59. The molecule has 1 unspecified atom stereocenters. The van der Waals surface area contributed by atoms with Gasteiger partial charge in [0.1, 0.15) is 11.8 Å². The molecule has 0 radical (unpaired) electrons.